The van der Waals surface area contributed by atoms with Crippen LogP contribution in [0.5, 0.6) is 5.75 Å². The van der Waals surface area contributed by atoms with Crippen LogP contribution in [-0.2, 0) is 6.54 Å². The van der Waals surface area contributed by atoms with Crippen LogP contribution in [0.1, 0.15) is 30.5 Å². The van der Waals surface area contributed by atoms with Crippen molar-refractivity contribution < 1.29 is 4.74 Å². The molecule has 92 valence electrons. The SMILES string of the molecule is CCNCc1cc(C)c(OC(C)C#N)c(C)c1. The van der Waals surface area contributed by atoms with Crippen LogP contribution in [-0.4, -0.2) is 12.6 Å². The first-order valence-electron chi connectivity index (χ1n) is 5.95. The van der Waals surface area contributed by atoms with Crippen molar-refractivity contribution in [3.8, 4) is 11.8 Å². The van der Waals surface area contributed by atoms with E-state index >= 15 is 0 Å². The lowest BCUT2D eigenvalue weighted by molar-refractivity contribution is 0.272. The molecule has 1 aromatic carbocycles. The lowest BCUT2D eigenvalue weighted by atomic mass is 10.1. The lowest BCUT2D eigenvalue weighted by Gasteiger charge is -2.15. The van der Waals surface area contributed by atoms with Crippen LogP contribution < -0.4 is 10.1 Å². The van der Waals surface area contributed by atoms with Crippen molar-refractivity contribution in [2.24, 2.45) is 0 Å². The highest BCUT2D eigenvalue weighted by Gasteiger charge is 2.09. The fourth-order valence-corrected chi connectivity index (χ4v) is 1.80. The fraction of sp³-hybridized carbons (Fsp3) is 0.500. The van der Waals surface area contributed by atoms with E-state index in [4.69, 9.17) is 10.00 Å². The maximum absolute atomic E-state index is 8.76. The van der Waals surface area contributed by atoms with E-state index in [-0.39, 0.29) is 0 Å². The molecule has 0 amide bonds. The molecule has 0 saturated heterocycles. The van der Waals surface area contributed by atoms with Gasteiger partial charge in [-0.15, -0.1) is 0 Å². The number of rotatable bonds is 5. The Morgan fingerprint density at radius 2 is 1.94 bits per heavy atom. The zero-order chi connectivity index (χ0) is 12.8. The predicted octanol–water partition coefficient (Wildman–Crippen LogP) is 2.70. The van der Waals surface area contributed by atoms with Crippen molar-refractivity contribution in [1.29, 1.82) is 5.26 Å². The molecule has 17 heavy (non-hydrogen) atoms. The molecule has 1 atom stereocenters. The van der Waals surface area contributed by atoms with Gasteiger partial charge in [0, 0.05) is 6.54 Å². The van der Waals surface area contributed by atoms with Gasteiger partial charge in [-0.3, -0.25) is 0 Å². The summed E-state index contributed by atoms with van der Waals surface area (Å²) < 4.78 is 5.60. The van der Waals surface area contributed by atoms with Crippen LogP contribution in [0.3, 0.4) is 0 Å². The molecule has 0 bridgehead atoms. The van der Waals surface area contributed by atoms with Crippen molar-refractivity contribution in [1.82, 2.24) is 5.32 Å². The van der Waals surface area contributed by atoms with Crippen LogP contribution >= 0.6 is 0 Å². The average molecular weight is 232 g/mol. The summed E-state index contributed by atoms with van der Waals surface area (Å²) in [7, 11) is 0. The molecule has 1 unspecified atom stereocenters. The molecule has 3 nitrogen and oxygen atoms in total. The number of benzene rings is 1. The first-order chi connectivity index (χ1) is 8.08. The van der Waals surface area contributed by atoms with E-state index in [1.54, 1.807) is 6.92 Å². The molecule has 0 aliphatic rings. The van der Waals surface area contributed by atoms with Crippen molar-refractivity contribution in [2.45, 2.75) is 40.3 Å². The van der Waals surface area contributed by atoms with Gasteiger partial charge in [-0.25, -0.2) is 0 Å². The van der Waals surface area contributed by atoms with Crippen LogP contribution in [0.15, 0.2) is 12.1 Å². The second-order valence-electron chi connectivity index (χ2n) is 4.23. The van der Waals surface area contributed by atoms with Gasteiger partial charge in [-0.2, -0.15) is 5.26 Å². The highest BCUT2D eigenvalue weighted by molar-refractivity contribution is 5.43. The van der Waals surface area contributed by atoms with E-state index < -0.39 is 6.10 Å². The van der Waals surface area contributed by atoms with Crippen molar-refractivity contribution in [2.75, 3.05) is 6.54 Å². The molecule has 0 heterocycles. The maximum atomic E-state index is 8.76. The Labute approximate surface area is 103 Å². The van der Waals surface area contributed by atoms with Crippen LogP contribution in [0, 0.1) is 25.2 Å². The summed E-state index contributed by atoms with van der Waals surface area (Å²) >= 11 is 0. The third-order valence-corrected chi connectivity index (χ3v) is 2.58. The fourth-order valence-electron chi connectivity index (χ4n) is 1.80. The molecule has 0 spiro atoms. The van der Waals surface area contributed by atoms with E-state index in [0.717, 1.165) is 30.0 Å². The minimum atomic E-state index is -0.410. The Balaban J connectivity index is 2.90. The van der Waals surface area contributed by atoms with E-state index in [2.05, 4.69) is 30.4 Å². The molecular weight excluding hydrogens is 212 g/mol. The highest BCUT2D eigenvalue weighted by Crippen LogP contribution is 2.25. The molecule has 0 aliphatic carbocycles. The van der Waals surface area contributed by atoms with E-state index in [9.17, 15) is 0 Å². The minimum absolute atomic E-state index is 0.410. The Morgan fingerprint density at radius 1 is 1.35 bits per heavy atom. The normalized spacial score (nSPS) is 11.9. The van der Waals surface area contributed by atoms with Gasteiger partial charge in [0.05, 0.1) is 0 Å². The molecule has 0 aromatic heterocycles. The van der Waals surface area contributed by atoms with Crippen molar-refractivity contribution in [3.05, 3.63) is 28.8 Å². The summed E-state index contributed by atoms with van der Waals surface area (Å²) in [5, 5.41) is 12.1. The maximum Gasteiger partial charge on any atom is 0.181 e. The van der Waals surface area contributed by atoms with Gasteiger partial charge < -0.3 is 10.1 Å². The molecule has 1 rings (SSSR count). The summed E-state index contributed by atoms with van der Waals surface area (Å²) in [6.45, 7) is 9.70. The van der Waals surface area contributed by atoms with Gasteiger partial charge in [0.15, 0.2) is 6.10 Å². The summed E-state index contributed by atoms with van der Waals surface area (Å²) in [5.41, 5.74) is 3.42. The van der Waals surface area contributed by atoms with Crippen molar-refractivity contribution in [3.63, 3.8) is 0 Å². The highest BCUT2D eigenvalue weighted by atomic mass is 16.5. The van der Waals surface area contributed by atoms with Crippen LogP contribution in [0.2, 0.25) is 0 Å². The summed E-state index contributed by atoms with van der Waals surface area (Å²) in [6.07, 6.45) is -0.410. The Morgan fingerprint density at radius 3 is 2.41 bits per heavy atom. The Kier molecular flexibility index (Phi) is 4.99. The minimum Gasteiger partial charge on any atom is -0.475 e. The molecule has 3 heteroatoms. The topological polar surface area (TPSA) is 45.0 Å². The number of hydrogen-bond acceptors (Lipinski definition) is 3. The Bertz CT molecular complexity index is 398. The molecule has 1 N–H and O–H groups in total. The molecule has 0 radical (unpaired) electrons. The number of nitrogens with zero attached hydrogens (tertiary/aromatic N) is 1. The largest absolute Gasteiger partial charge is 0.475 e. The number of ether oxygens (including phenoxy) is 1. The predicted molar refractivity (Wildman–Crippen MR) is 69.0 cm³/mol. The second-order valence-corrected chi connectivity index (χ2v) is 4.23. The standard InChI is InChI=1S/C14H20N2O/c1-5-16-9-13-6-10(2)14(11(3)7-13)17-12(4)8-15/h6-7,12,16H,5,9H2,1-4H3. The summed E-state index contributed by atoms with van der Waals surface area (Å²) in [6, 6.07) is 6.29. The van der Waals surface area contributed by atoms with Gasteiger partial charge in [-0.1, -0.05) is 19.1 Å². The van der Waals surface area contributed by atoms with Gasteiger partial charge in [-0.05, 0) is 44.0 Å². The number of nitriles is 1. The molecule has 0 saturated carbocycles. The van der Waals surface area contributed by atoms with Gasteiger partial charge in [0.25, 0.3) is 0 Å². The zero-order valence-corrected chi connectivity index (χ0v) is 11.0. The monoisotopic (exact) mass is 232 g/mol. The third-order valence-electron chi connectivity index (χ3n) is 2.58. The van der Waals surface area contributed by atoms with Crippen LogP contribution in [0.25, 0.3) is 0 Å². The molecular formula is C14H20N2O. The first kappa shape index (κ1) is 13.5. The number of aryl methyl sites for hydroxylation is 2. The van der Waals surface area contributed by atoms with Gasteiger partial charge in [0.1, 0.15) is 11.8 Å². The average Bonchev–Trinajstić information content (AvgIpc) is 2.30. The quantitative estimate of drug-likeness (QED) is 0.849. The summed E-state index contributed by atoms with van der Waals surface area (Å²) in [4.78, 5) is 0. The third kappa shape index (κ3) is 3.76. The first-order valence-corrected chi connectivity index (χ1v) is 5.95. The Hall–Kier alpha value is -1.53. The van der Waals surface area contributed by atoms with E-state index in [1.165, 1.54) is 5.56 Å². The molecule has 0 aliphatic heterocycles. The molecule has 0 fully saturated rings. The lowest BCUT2D eigenvalue weighted by Crippen LogP contribution is -2.13. The van der Waals surface area contributed by atoms with Crippen LogP contribution in [0.4, 0.5) is 0 Å². The number of hydrogen-bond donors (Lipinski definition) is 1. The smallest absolute Gasteiger partial charge is 0.181 e. The zero-order valence-electron chi connectivity index (χ0n) is 11.0. The van der Waals surface area contributed by atoms with E-state index in [1.807, 2.05) is 13.8 Å². The van der Waals surface area contributed by atoms with Crippen molar-refractivity contribution >= 4 is 0 Å². The second kappa shape index (κ2) is 6.27. The summed E-state index contributed by atoms with van der Waals surface area (Å²) in [5.74, 6) is 0.833. The molecule has 1 aromatic rings. The van der Waals surface area contributed by atoms with Gasteiger partial charge in [0.2, 0.25) is 0 Å². The van der Waals surface area contributed by atoms with E-state index in [0.29, 0.717) is 0 Å². The number of nitrogens with one attached hydrogen (secondary N) is 1. The van der Waals surface area contributed by atoms with Gasteiger partial charge >= 0.3 is 0 Å².